The highest BCUT2D eigenvalue weighted by Crippen LogP contribution is 2.40. The van der Waals surface area contributed by atoms with Gasteiger partial charge >= 0.3 is 0 Å². The summed E-state index contributed by atoms with van der Waals surface area (Å²) in [5, 5.41) is 3.83. The van der Waals surface area contributed by atoms with Crippen LogP contribution in [0.3, 0.4) is 0 Å². The number of ether oxygens (including phenoxy) is 1. The summed E-state index contributed by atoms with van der Waals surface area (Å²) in [6.45, 7) is 10.4. The van der Waals surface area contributed by atoms with Crippen molar-refractivity contribution in [3.8, 4) is 0 Å². The zero-order valence-corrected chi connectivity index (χ0v) is 13.4. The molecule has 1 saturated heterocycles. The number of rotatable bonds is 5. The molecule has 0 amide bonds. The lowest BCUT2D eigenvalue weighted by molar-refractivity contribution is -0.0395. The first-order valence-electron chi connectivity index (χ1n) is 8.73. The standard InChI is InChI=1S/C17H32N2O/c1-14-4-3-7-17(10-14,12-18-16-5-6-16)13-19-8-9-20-15(2)11-19/h14-16,18H,3-13H2,1-2H3. The second-order valence-corrected chi connectivity index (χ2v) is 7.77. The van der Waals surface area contributed by atoms with Gasteiger partial charge in [0, 0.05) is 32.2 Å². The molecule has 116 valence electrons. The van der Waals surface area contributed by atoms with Gasteiger partial charge in [0.25, 0.3) is 0 Å². The third kappa shape index (κ3) is 3.96. The van der Waals surface area contributed by atoms with Gasteiger partial charge in [-0.2, -0.15) is 0 Å². The Balaban J connectivity index is 1.60. The number of nitrogens with one attached hydrogen (secondary N) is 1. The van der Waals surface area contributed by atoms with E-state index in [0.29, 0.717) is 11.5 Å². The van der Waals surface area contributed by atoms with Crippen LogP contribution in [0.4, 0.5) is 0 Å². The first kappa shape index (κ1) is 14.8. The SMILES string of the molecule is CC1CCCC(CNC2CC2)(CN2CCOC(C)C2)C1. The van der Waals surface area contributed by atoms with E-state index >= 15 is 0 Å². The molecule has 0 aromatic carbocycles. The molecule has 3 aliphatic rings. The number of hydrogen-bond donors (Lipinski definition) is 1. The van der Waals surface area contributed by atoms with E-state index in [1.807, 2.05) is 0 Å². The summed E-state index contributed by atoms with van der Waals surface area (Å²) in [7, 11) is 0. The molecule has 20 heavy (non-hydrogen) atoms. The van der Waals surface area contributed by atoms with Gasteiger partial charge < -0.3 is 10.1 Å². The van der Waals surface area contributed by atoms with E-state index in [4.69, 9.17) is 4.74 Å². The summed E-state index contributed by atoms with van der Waals surface area (Å²) in [6.07, 6.45) is 8.91. The second-order valence-electron chi connectivity index (χ2n) is 7.77. The Morgan fingerprint density at radius 2 is 2.10 bits per heavy atom. The molecular formula is C17H32N2O. The Labute approximate surface area is 124 Å². The predicted octanol–water partition coefficient (Wildman–Crippen LogP) is 2.66. The molecule has 0 aromatic rings. The lowest BCUT2D eigenvalue weighted by Crippen LogP contribution is -2.51. The summed E-state index contributed by atoms with van der Waals surface area (Å²) >= 11 is 0. The summed E-state index contributed by atoms with van der Waals surface area (Å²) in [4.78, 5) is 2.67. The molecule has 0 radical (unpaired) electrons. The molecule has 3 nitrogen and oxygen atoms in total. The normalized spacial score (nSPS) is 39.9. The van der Waals surface area contributed by atoms with Crippen LogP contribution < -0.4 is 5.32 Å². The van der Waals surface area contributed by atoms with Crippen molar-refractivity contribution < 1.29 is 4.74 Å². The van der Waals surface area contributed by atoms with E-state index in [2.05, 4.69) is 24.1 Å². The van der Waals surface area contributed by atoms with Crippen molar-refractivity contribution in [1.29, 1.82) is 0 Å². The smallest absolute Gasteiger partial charge is 0.0674 e. The van der Waals surface area contributed by atoms with E-state index < -0.39 is 0 Å². The van der Waals surface area contributed by atoms with Gasteiger partial charge in [-0.05, 0) is 43.9 Å². The van der Waals surface area contributed by atoms with Gasteiger partial charge in [0.15, 0.2) is 0 Å². The Hall–Kier alpha value is -0.120. The Morgan fingerprint density at radius 3 is 2.80 bits per heavy atom. The van der Waals surface area contributed by atoms with Gasteiger partial charge in [0.2, 0.25) is 0 Å². The average molecular weight is 280 g/mol. The maximum absolute atomic E-state index is 5.70. The van der Waals surface area contributed by atoms with E-state index in [0.717, 1.165) is 31.7 Å². The summed E-state index contributed by atoms with van der Waals surface area (Å²) in [5.74, 6) is 0.906. The van der Waals surface area contributed by atoms with Gasteiger partial charge in [-0.25, -0.2) is 0 Å². The fourth-order valence-electron chi connectivity index (χ4n) is 4.29. The van der Waals surface area contributed by atoms with Crippen LogP contribution in [0, 0.1) is 11.3 Å². The van der Waals surface area contributed by atoms with Crippen molar-refractivity contribution in [3.63, 3.8) is 0 Å². The molecule has 0 spiro atoms. The van der Waals surface area contributed by atoms with Crippen molar-refractivity contribution >= 4 is 0 Å². The monoisotopic (exact) mass is 280 g/mol. The topological polar surface area (TPSA) is 24.5 Å². The molecule has 3 atom stereocenters. The molecule has 3 fully saturated rings. The van der Waals surface area contributed by atoms with Crippen LogP contribution in [-0.4, -0.2) is 49.8 Å². The van der Waals surface area contributed by atoms with Gasteiger partial charge in [-0.3, -0.25) is 4.90 Å². The van der Waals surface area contributed by atoms with Crippen LogP contribution in [0.15, 0.2) is 0 Å². The highest BCUT2D eigenvalue weighted by molar-refractivity contribution is 4.93. The van der Waals surface area contributed by atoms with Crippen molar-refractivity contribution in [2.45, 2.75) is 64.5 Å². The zero-order chi connectivity index (χ0) is 14.0. The first-order valence-corrected chi connectivity index (χ1v) is 8.73. The van der Waals surface area contributed by atoms with Gasteiger partial charge in [-0.1, -0.05) is 19.8 Å². The highest BCUT2D eigenvalue weighted by atomic mass is 16.5. The molecule has 1 heterocycles. The zero-order valence-electron chi connectivity index (χ0n) is 13.4. The van der Waals surface area contributed by atoms with Crippen molar-refractivity contribution in [1.82, 2.24) is 10.2 Å². The minimum Gasteiger partial charge on any atom is -0.376 e. The van der Waals surface area contributed by atoms with Crippen molar-refractivity contribution in [3.05, 3.63) is 0 Å². The molecule has 3 rings (SSSR count). The quantitative estimate of drug-likeness (QED) is 0.838. The van der Waals surface area contributed by atoms with E-state index in [1.165, 1.54) is 51.6 Å². The predicted molar refractivity (Wildman–Crippen MR) is 82.9 cm³/mol. The summed E-state index contributed by atoms with van der Waals surface area (Å²) in [5.41, 5.74) is 0.525. The minimum absolute atomic E-state index is 0.415. The number of morpholine rings is 1. The Morgan fingerprint density at radius 1 is 1.25 bits per heavy atom. The molecule has 0 aromatic heterocycles. The minimum atomic E-state index is 0.415. The summed E-state index contributed by atoms with van der Waals surface area (Å²) in [6, 6.07) is 0.840. The fraction of sp³-hybridized carbons (Fsp3) is 1.00. The molecule has 2 saturated carbocycles. The van der Waals surface area contributed by atoms with Crippen LogP contribution in [0.25, 0.3) is 0 Å². The molecule has 3 unspecified atom stereocenters. The Bertz CT molecular complexity index is 318. The van der Waals surface area contributed by atoms with E-state index in [1.54, 1.807) is 0 Å². The Kier molecular flexibility index (Phi) is 4.68. The molecule has 0 bridgehead atoms. The maximum atomic E-state index is 5.70. The van der Waals surface area contributed by atoms with E-state index in [-0.39, 0.29) is 0 Å². The molecule has 3 heteroatoms. The fourth-order valence-corrected chi connectivity index (χ4v) is 4.29. The summed E-state index contributed by atoms with van der Waals surface area (Å²) < 4.78 is 5.70. The van der Waals surface area contributed by atoms with Crippen LogP contribution >= 0.6 is 0 Å². The third-order valence-corrected chi connectivity index (χ3v) is 5.41. The molecule has 2 aliphatic carbocycles. The largest absolute Gasteiger partial charge is 0.376 e. The van der Waals surface area contributed by atoms with Crippen molar-refractivity contribution in [2.24, 2.45) is 11.3 Å². The van der Waals surface area contributed by atoms with Crippen molar-refractivity contribution in [2.75, 3.05) is 32.8 Å². The van der Waals surface area contributed by atoms with Crippen LogP contribution in [0.5, 0.6) is 0 Å². The lowest BCUT2D eigenvalue weighted by Gasteiger charge is -2.45. The molecular weight excluding hydrogens is 248 g/mol. The van der Waals surface area contributed by atoms with Crippen LogP contribution in [-0.2, 0) is 4.74 Å². The van der Waals surface area contributed by atoms with E-state index in [9.17, 15) is 0 Å². The average Bonchev–Trinajstić information content (AvgIpc) is 3.20. The third-order valence-electron chi connectivity index (χ3n) is 5.41. The molecule has 1 N–H and O–H groups in total. The van der Waals surface area contributed by atoms with Gasteiger partial charge in [-0.15, -0.1) is 0 Å². The first-order chi connectivity index (χ1) is 9.65. The number of hydrogen-bond acceptors (Lipinski definition) is 3. The lowest BCUT2D eigenvalue weighted by atomic mass is 9.69. The van der Waals surface area contributed by atoms with Gasteiger partial charge in [0.05, 0.1) is 12.7 Å². The van der Waals surface area contributed by atoms with Crippen LogP contribution in [0.2, 0.25) is 0 Å². The number of nitrogens with zero attached hydrogens (tertiary/aromatic N) is 1. The highest BCUT2D eigenvalue weighted by Gasteiger charge is 2.38. The molecule has 1 aliphatic heterocycles. The maximum Gasteiger partial charge on any atom is 0.0674 e. The second kappa shape index (κ2) is 6.33. The van der Waals surface area contributed by atoms with Crippen LogP contribution in [0.1, 0.15) is 52.4 Å². The van der Waals surface area contributed by atoms with Gasteiger partial charge in [0.1, 0.15) is 0 Å².